The Morgan fingerprint density at radius 3 is 2.48 bits per heavy atom. The minimum atomic E-state index is -3.27. The maximum Gasteiger partial charge on any atom is 0.230 e. The van der Waals surface area contributed by atoms with E-state index in [9.17, 15) is 8.42 Å². The normalized spacial score (nSPS) is 11.1. The Morgan fingerprint density at radius 1 is 1.10 bits per heavy atom. The summed E-state index contributed by atoms with van der Waals surface area (Å²) in [6.45, 7) is 0.843. The van der Waals surface area contributed by atoms with E-state index in [0.29, 0.717) is 5.82 Å². The molecule has 0 spiro atoms. The smallest absolute Gasteiger partial charge is 0.230 e. The fourth-order valence-electron chi connectivity index (χ4n) is 1.92. The SMILES string of the molecule is CS(=O)(=O)Nc1ccc(NCCCc2ccccc2)cn1. The molecule has 0 radical (unpaired) electrons. The summed E-state index contributed by atoms with van der Waals surface area (Å²) in [6, 6.07) is 13.8. The molecule has 0 fully saturated rings. The summed E-state index contributed by atoms with van der Waals surface area (Å²) in [5.41, 5.74) is 2.20. The van der Waals surface area contributed by atoms with Gasteiger partial charge in [0.1, 0.15) is 5.82 Å². The van der Waals surface area contributed by atoms with Crippen LogP contribution in [0.25, 0.3) is 0 Å². The van der Waals surface area contributed by atoms with Crippen molar-refractivity contribution in [1.82, 2.24) is 4.98 Å². The number of benzene rings is 1. The lowest BCUT2D eigenvalue weighted by molar-refractivity contribution is 0.606. The first-order chi connectivity index (χ1) is 10.0. The van der Waals surface area contributed by atoms with Crippen molar-refractivity contribution in [3.05, 3.63) is 54.2 Å². The predicted molar refractivity (Wildman–Crippen MR) is 86.0 cm³/mol. The number of hydrogen-bond donors (Lipinski definition) is 2. The molecule has 0 aliphatic heterocycles. The summed E-state index contributed by atoms with van der Waals surface area (Å²) >= 11 is 0. The average Bonchev–Trinajstić information content (AvgIpc) is 2.45. The Labute approximate surface area is 125 Å². The van der Waals surface area contributed by atoms with Crippen molar-refractivity contribution in [2.24, 2.45) is 0 Å². The van der Waals surface area contributed by atoms with Gasteiger partial charge in [-0.1, -0.05) is 30.3 Å². The van der Waals surface area contributed by atoms with Gasteiger partial charge in [0.25, 0.3) is 0 Å². The van der Waals surface area contributed by atoms with Crippen molar-refractivity contribution in [1.29, 1.82) is 0 Å². The van der Waals surface area contributed by atoms with Crippen molar-refractivity contribution in [3.63, 3.8) is 0 Å². The number of hydrogen-bond acceptors (Lipinski definition) is 4. The zero-order valence-corrected chi connectivity index (χ0v) is 12.7. The molecule has 21 heavy (non-hydrogen) atoms. The molecule has 6 heteroatoms. The van der Waals surface area contributed by atoms with Gasteiger partial charge in [-0.15, -0.1) is 0 Å². The molecule has 1 aromatic carbocycles. The average molecular weight is 305 g/mol. The number of rotatable bonds is 7. The number of aromatic nitrogens is 1. The first-order valence-electron chi connectivity index (χ1n) is 6.74. The lowest BCUT2D eigenvalue weighted by atomic mass is 10.1. The molecule has 1 heterocycles. The molecule has 2 rings (SSSR count). The standard InChI is InChI=1S/C15H19N3O2S/c1-21(19,20)18-15-10-9-14(12-17-15)16-11-5-8-13-6-3-2-4-7-13/h2-4,6-7,9-10,12,16H,5,8,11H2,1H3,(H,17,18). The van der Waals surface area contributed by atoms with Crippen LogP contribution in [0.15, 0.2) is 48.7 Å². The molecule has 0 amide bonds. The van der Waals surface area contributed by atoms with Gasteiger partial charge < -0.3 is 5.32 Å². The molecule has 0 atom stereocenters. The van der Waals surface area contributed by atoms with Crippen LogP contribution in [0.1, 0.15) is 12.0 Å². The molecule has 0 aliphatic carbocycles. The van der Waals surface area contributed by atoms with Crippen LogP contribution in [0.4, 0.5) is 11.5 Å². The summed E-state index contributed by atoms with van der Waals surface area (Å²) in [6.07, 6.45) is 4.77. The van der Waals surface area contributed by atoms with Crippen LogP contribution >= 0.6 is 0 Å². The van der Waals surface area contributed by atoms with Crippen molar-refractivity contribution in [2.45, 2.75) is 12.8 Å². The number of aryl methyl sites for hydroxylation is 1. The fourth-order valence-corrected chi connectivity index (χ4v) is 2.42. The Kier molecular flexibility index (Phi) is 5.16. The summed E-state index contributed by atoms with van der Waals surface area (Å²) < 4.78 is 24.5. The second kappa shape index (κ2) is 7.08. The number of sulfonamides is 1. The van der Waals surface area contributed by atoms with E-state index >= 15 is 0 Å². The summed E-state index contributed by atoms with van der Waals surface area (Å²) in [5, 5.41) is 3.27. The van der Waals surface area contributed by atoms with E-state index in [0.717, 1.165) is 31.3 Å². The zero-order valence-electron chi connectivity index (χ0n) is 11.9. The van der Waals surface area contributed by atoms with Crippen molar-refractivity contribution in [2.75, 3.05) is 22.8 Å². The first kappa shape index (κ1) is 15.3. The summed E-state index contributed by atoms with van der Waals surface area (Å²) in [5.74, 6) is 0.326. The minimum Gasteiger partial charge on any atom is -0.384 e. The van der Waals surface area contributed by atoms with Gasteiger partial charge in [0.15, 0.2) is 0 Å². The Morgan fingerprint density at radius 2 is 1.86 bits per heavy atom. The summed E-state index contributed by atoms with van der Waals surface area (Å²) in [4.78, 5) is 4.05. The second-order valence-corrected chi connectivity index (χ2v) is 6.57. The third-order valence-electron chi connectivity index (χ3n) is 2.87. The number of nitrogens with zero attached hydrogens (tertiary/aromatic N) is 1. The van der Waals surface area contributed by atoms with Gasteiger partial charge in [-0.05, 0) is 30.5 Å². The Balaban J connectivity index is 1.76. The van der Waals surface area contributed by atoms with E-state index in [4.69, 9.17) is 0 Å². The van der Waals surface area contributed by atoms with Crippen LogP contribution in [0.5, 0.6) is 0 Å². The molecule has 0 unspecified atom stereocenters. The van der Waals surface area contributed by atoms with Crippen LogP contribution < -0.4 is 10.0 Å². The van der Waals surface area contributed by atoms with Crippen molar-refractivity contribution in [3.8, 4) is 0 Å². The lowest BCUT2D eigenvalue weighted by Crippen LogP contribution is -2.11. The first-order valence-corrected chi connectivity index (χ1v) is 8.64. The molecule has 5 nitrogen and oxygen atoms in total. The lowest BCUT2D eigenvalue weighted by Gasteiger charge is -2.07. The number of anilines is 2. The van der Waals surface area contributed by atoms with Gasteiger partial charge in [0.2, 0.25) is 10.0 Å². The molecule has 1 aromatic heterocycles. The highest BCUT2D eigenvalue weighted by Crippen LogP contribution is 2.11. The van der Waals surface area contributed by atoms with E-state index in [1.807, 2.05) is 24.3 Å². The van der Waals surface area contributed by atoms with Gasteiger partial charge in [-0.25, -0.2) is 13.4 Å². The fraction of sp³-hybridized carbons (Fsp3) is 0.267. The maximum absolute atomic E-state index is 11.1. The Hall–Kier alpha value is -2.08. The Bertz CT molecular complexity index is 655. The largest absolute Gasteiger partial charge is 0.384 e. The second-order valence-electron chi connectivity index (χ2n) is 4.82. The highest BCUT2D eigenvalue weighted by molar-refractivity contribution is 7.92. The van der Waals surface area contributed by atoms with Gasteiger partial charge in [-0.2, -0.15) is 0 Å². The molecule has 0 bridgehead atoms. The van der Waals surface area contributed by atoms with E-state index in [1.165, 1.54) is 5.56 Å². The van der Waals surface area contributed by atoms with Crippen LogP contribution in [0, 0.1) is 0 Å². The maximum atomic E-state index is 11.1. The molecular weight excluding hydrogens is 286 g/mol. The van der Waals surface area contributed by atoms with Gasteiger partial charge in [0.05, 0.1) is 18.1 Å². The van der Waals surface area contributed by atoms with Crippen molar-refractivity contribution < 1.29 is 8.42 Å². The monoisotopic (exact) mass is 305 g/mol. The van der Waals surface area contributed by atoms with E-state index in [-0.39, 0.29) is 0 Å². The molecular formula is C15H19N3O2S. The third kappa shape index (κ3) is 5.83. The zero-order chi connectivity index (χ0) is 15.1. The minimum absolute atomic E-state index is 0.326. The van der Waals surface area contributed by atoms with Crippen molar-refractivity contribution >= 4 is 21.5 Å². The van der Waals surface area contributed by atoms with Crippen LogP contribution in [0.2, 0.25) is 0 Å². The highest BCUT2D eigenvalue weighted by atomic mass is 32.2. The predicted octanol–water partition coefficient (Wildman–Crippen LogP) is 2.50. The van der Waals surface area contributed by atoms with Gasteiger partial charge >= 0.3 is 0 Å². The van der Waals surface area contributed by atoms with Gasteiger partial charge in [0, 0.05) is 6.54 Å². The van der Waals surface area contributed by atoms with Crippen LogP contribution in [-0.4, -0.2) is 26.2 Å². The summed E-state index contributed by atoms with van der Waals surface area (Å²) in [7, 11) is -3.27. The topological polar surface area (TPSA) is 71.1 Å². The van der Waals surface area contributed by atoms with E-state index in [1.54, 1.807) is 12.3 Å². The highest BCUT2D eigenvalue weighted by Gasteiger charge is 2.02. The molecule has 0 aliphatic rings. The molecule has 0 saturated carbocycles. The van der Waals surface area contributed by atoms with Crippen LogP contribution in [-0.2, 0) is 16.4 Å². The molecule has 2 aromatic rings. The number of nitrogens with one attached hydrogen (secondary N) is 2. The molecule has 2 N–H and O–H groups in total. The quantitative estimate of drug-likeness (QED) is 0.771. The number of pyridine rings is 1. The molecule has 112 valence electrons. The van der Waals surface area contributed by atoms with E-state index in [2.05, 4.69) is 27.2 Å². The van der Waals surface area contributed by atoms with Crippen LogP contribution in [0.3, 0.4) is 0 Å². The van der Waals surface area contributed by atoms with Gasteiger partial charge in [-0.3, -0.25) is 4.72 Å². The molecule has 0 saturated heterocycles. The van der Waals surface area contributed by atoms with E-state index < -0.39 is 10.0 Å². The third-order valence-corrected chi connectivity index (χ3v) is 3.45.